The second-order valence-electron chi connectivity index (χ2n) is 4.86. The summed E-state index contributed by atoms with van der Waals surface area (Å²) in [5.41, 5.74) is 6.77. The molecule has 0 fully saturated rings. The molecule has 0 bridgehead atoms. The van der Waals surface area contributed by atoms with Gasteiger partial charge in [0.1, 0.15) is 10.7 Å². The zero-order valence-corrected chi connectivity index (χ0v) is 12.8. The maximum atomic E-state index is 12.0. The molecule has 7 heteroatoms. The second-order valence-corrected chi connectivity index (χ2v) is 5.72. The van der Waals surface area contributed by atoms with E-state index in [4.69, 9.17) is 15.2 Å². The Morgan fingerprint density at radius 1 is 1.32 bits per heavy atom. The van der Waals surface area contributed by atoms with Gasteiger partial charge in [0.2, 0.25) is 6.79 Å². The van der Waals surface area contributed by atoms with Crippen LogP contribution in [0.3, 0.4) is 0 Å². The van der Waals surface area contributed by atoms with E-state index in [0.29, 0.717) is 24.5 Å². The third-order valence-electron chi connectivity index (χ3n) is 3.27. The Morgan fingerprint density at radius 2 is 2.18 bits per heavy atom. The highest BCUT2D eigenvalue weighted by atomic mass is 32.1. The van der Waals surface area contributed by atoms with Crippen molar-refractivity contribution >= 4 is 17.2 Å². The largest absolute Gasteiger partial charge is 0.454 e. The number of amides is 1. The molecule has 22 heavy (non-hydrogen) atoms. The van der Waals surface area contributed by atoms with Gasteiger partial charge in [-0.25, -0.2) is 4.98 Å². The molecule has 3 N–H and O–H groups in total. The molecule has 6 nitrogen and oxygen atoms in total. The fourth-order valence-electron chi connectivity index (χ4n) is 2.10. The van der Waals surface area contributed by atoms with Gasteiger partial charge in [0.25, 0.3) is 5.91 Å². The van der Waals surface area contributed by atoms with Crippen LogP contribution in [0.25, 0.3) is 10.6 Å². The van der Waals surface area contributed by atoms with Crippen LogP contribution in [0.5, 0.6) is 11.5 Å². The summed E-state index contributed by atoms with van der Waals surface area (Å²) in [5.74, 6) is 1.29. The van der Waals surface area contributed by atoms with Crippen molar-refractivity contribution in [1.82, 2.24) is 10.3 Å². The Kier molecular flexibility index (Phi) is 4.55. The molecule has 1 aliphatic heterocycles. The molecule has 1 aliphatic rings. The van der Waals surface area contributed by atoms with Gasteiger partial charge >= 0.3 is 0 Å². The van der Waals surface area contributed by atoms with E-state index >= 15 is 0 Å². The van der Waals surface area contributed by atoms with Crippen LogP contribution in [0.15, 0.2) is 23.6 Å². The van der Waals surface area contributed by atoms with Crippen LogP contribution in [-0.2, 0) is 0 Å². The van der Waals surface area contributed by atoms with Gasteiger partial charge in [0, 0.05) is 17.5 Å². The summed E-state index contributed by atoms with van der Waals surface area (Å²) in [7, 11) is 0. The summed E-state index contributed by atoms with van der Waals surface area (Å²) in [6.45, 7) is 1.50. The number of ether oxygens (including phenoxy) is 2. The maximum absolute atomic E-state index is 12.0. The molecule has 3 rings (SSSR count). The van der Waals surface area contributed by atoms with Crippen LogP contribution in [0.4, 0.5) is 0 Å². The highest BCUT2D eigenvalue weighted by Crippen LogP contribution is 2.36. The molecular formula is C15H17N3O3S. The van der Waals surface area contributed by atoms with E-state index < -0.39 is 0 Å². The van der Waals surface area contributed by atoms with Crippen molar-refractivity contribution in [3.05, 3.63) is 29.3 Å². The summed E-state index contributed by atoms with van der Waals surface area (Å²) in [6.07, 6.45) is 1.78. The summed E-state index contributed by atoms with van der Waals surface area (Å²) >= 11 is 1.43. The Hall–Kier alpha value is -2.12. The zero-order valence-electron chi connectivity index (χ0n) is 12.0. The molecule has 2 heterocycles. The quantitative estimate of drug-likeness (QED) is 0.795. The maximum Gasteiger partial charge on any atom is 0.270 e. The molecule has 1 amide bonds. The predicted molar refractivity (Wildman–Crippen MR) is 84.3 cm³/mol. The normalized spacial score (nSPS) is 12.4. The topological polar surface area (TPSA) is 86.5 Å². The Balaban J connectivity index is 1.67. The average molecular weight is 319 g/mol. The number of carbonyl (C=O) groups is 1. The molecule has 1 aromatic heterocycles. The van der Waals surface area contributed by atoms with Crippen molar-refractivity contribution < 1.29 is 14.3 Å². The number of fused-ring (bicyclic) bond motifs is 1. The Labute approximate surface area is 132 Å². The smallest absolute Gasteiger partial charge is 0.270 e. The second kappa shape index (κ2) is 6.76. The molecule has 1 aromatic carbocycles. The van der Waals surface area contributed by atoms with Gasteiger partial charge in [0.15, 0.2) is 11.5 Å². The Bertz CT molecular complexity index is 672. The zero-order chi connectivity index (χ0) is 15.4. The highest BCUT2D eigenvalue weighted by Gasteiger charge is 2.16. The van der Waals surface area contributed by atoms with E-state index in [2.05, 4.69) is 10.3 Å². The lowest BCUT2D eigenvalue weighted by Gasteiger charge is -2.02. The van der Waals surface area contributed by atoms with Crippen molar-refractivity contribution in [3.63, 3.8) is 0 Å². The number of unbranched alkanes of at least 4 members (excludes halogenated alkanes) is 1. The minimum absolute atomic E-state index is 0.153. The third-order valence-corrected chi connectivity index (χ3v) is 4.16. The van der Waals surface area contributed by atoms with Crippen molar-refractivity contribution in [2.45, 2.75) is 12.8 Å². The summed E-state index contributed by atoms with van der Waals surface area (Å²) in [4.78, 5) is 16.4. The number of nitrogens with two attached hydrogens (primary N) is 1. The van der Waals surface area contributed by atoms with Gasteiger partial charge in [-0.15, -0.1) is 11.3 Å². The highest BCUT2D eigenvalue weighted by molar-refractivity contribution is 7.13. The van der Waals surface area contributed by atoms with Gasteiger partial charge < -0.3 is 20.5 Å². The molecule has 0 saturated carbocycles. The molecular weight excluding hydrogens is 302 g/mol. The first kappa shape index (κ1) is 14.8. The lowest BCUT2D eigenvalue weighted by Crippen LogP contribution is -2.25. The predicted octanol–water partition coefficient (Wildman–Crippen LogP) is 2.01. The van der Waals surface area contributed by atoms with Crippen molar-refractivity contribution in [3.8, 4) is 22.1 Å². The van der Waals surface area contributed by atoms with Crippen molar-refractivity contribution in [2.24, 2.45) is 5.73 Å². The summed E-state index contributed by atoms with van der Waals surface area (Å²) in [6, 6.07) is 5.64. The van der Waals surface area contributed by atoms with E-state index in [1.807, 2.05) is 18.2 Å². The molecule has 0 aliphatic carbocycles. The van der Waals surface area contributed by atoms with Crippen LogP contribution in [0.2, 0.25) is 0 Å². The van der Waals surface area contributed by atoms with E-state index in [0.717, 1.165) is 29.2 Å². The molecule has 0 radical (unpaired) electrons. The molecule has 116 valence electrons. The van der Waals surface area contributed by atoms with E-state index in [9.17, 15) is 4.79 Å². The SMILES string of the molecule is NCCCCNC(=O)c1csc(-c2ccc3c(c2)OCO3)n1. The number of hydrogen-bond donors (Lipinski definition) is 2. The minimum Gasteiger partial charge on any atom is -0.454 e. The summed E-state index contributed by atoms with van der Waals surface area (Å²) < 4.78 is 10.6. The fraction of sp³-hybridized carbons (Fsp3) is 0.333. The average Bonchev–Trinajstić information content (AvgIpc) is 3.19. The van der Waals surface area contributed by atoms with Crippen LogP contribution in [0.1, 0.15) is 23.3 Å². The number of nitrogens with zero attached hydrogens (tertiary/aromatic N) is 1. The molecule has 0 spiro atoms. The first-order valence-corrected chi connectivity index (χ1v) is 7.99. The fourth-order valence-corrected chi connectivity index (χ4v) is 2.90. The Morgan fingerprint density at radius 3 is 3.05 bits per heavy atom. The van der Waals surface area contributed by atoms with Crippen LogP contribution in [0, 0.1) is 0 Å². The third kappa shape index (κ3) is 3.20. The standard InChI is InChI=1S/C15H17N3O3S/c16-5-1-2-6-17-14(19)11-8-22-15(18-11)10-3-4-12-13(7-10)21-9-20-12/h3-4,7-8H,1-2,5-6,9,16H2,(H,17,19). The van der Waals surface area contributed by atoms with Gasteiger partial charge in [-0.2, -0.15) is 0 Å². The number of nitrogens with one attached hydrogen (secondary N) is 1. The van der Waals surface area contributed by atoms with Crippen LogP contribution < -0.4 is 20.5 Å². The van der Waals surface area contributed by atoms with Gasteiger partial charge in [-0.1, -0.05) is 0 Å². The van der Waals surface area contributed by atoms with E-state index in [1.54, 1.807) is 5.38 Å². The van der Waals surface area contributed by atoms with E-state index in [-0.39, 0.29) is 12.7 Å². The number of thiazole rings is 1. The first-order chi connectivity index (χ1) is 10.8. The van der Waals surface area contributed by atoms with Gasteiger partial charge in [-0.05, 0) is 37.6 Å². The molecule has 2 aromatic rings. The van der Waals surface area contributed by atoms with Crippen LogP contribution in [-0.4, -0.2) is 30.8 Å². The molecule has 0 unspecified atom stereocenters. The summed E-state index contributed by atoms with van der Waals surface area (Å²) in [5, 5.41) is 5.39. The lowest BCUT2D eigenvalue weighted by molar-refractivity contribution is 0.0949. The lowest BCUT2D eigenvalue weighted by atomic mass is 10.2. The number of carbonyl (C=O) groups excluding carboxylic acids is 1. The number of hydrogen-bond acceptors (Lipinski definition) is 6. The number of aromatic nitrogens is 1. The number of rotatable bonds is 6. The minimum atomic E-state index is -0.153. The number of benzene rings is 1. The van der Waals surface area contributed by atoms with Gasteiger partial charge in [0.05, 0.1) is 0 Å². The molecule has 0 saturated heterocycles. The molecule has 0 atom stereocenters. The first-order valence-electron chi connectivity index (χ1n) is 7.12. The van der Waals surface area contributed by atoms with Crippen molar-refractivity contribution in [2.75, 3.05) is 19.9 Å². The van der Waals surface area contributed by atoms with Crippen molar-refractivity contribution in [1.29, 1.82) is 0 Å². The van der Waals surface area contributed by atoms with Crippen LogP contribution >= 0.6 is 11.3 Å². The van der Waals surface area contributed by atoms with E-state index in [1.165, 1.54) is 11.3 Å². The van der Waals surface area contributed by atoms with Gasteiger partial charge in [-0.3, -0.25) is 4.79 Å². The monoisotopic (exact) mass is 319 g/mol.